The van der Waals surface area contributed by atoms with Crippen molar-refractivity contribution >= 4 is 11.6 Å². The molecule has 1 aromatic rings. The Bertz CT molecular complexity index is 488. The van der Waals surface area contributed by atoms with Crippen LogP contribution in [-0.4, -0.2) is 61.2 Å². The molecule has 1 N–H and O–H groups in total. The fraction of sp³-hybridized carbons (Fsp3) is 0.625. The van der Waals surface area contributed by atoms with E-state index in [1.807, 2.05) is 6.07 Å². The Hall–Kier alpha value is -0.680. The first-order valence-corrected chi connectivity index (χ1v) is 8.19. The summed E-state index contributed by atoms with van der Waals surface area (Å²) in [4.78, 5) is 5.12. The fourth-order valence-electron chi connectivity index (χ4n) is 3.57. The Morgan fingerprint density at radius 2 is 2.10 bits per heavy atom. The lowest BCUT2D eigenvalue weighted by atomic mass is 9.94. The van der Waals surface area contributed by atoms with Gasteiger partial charge in [-0.3, -0.25) is 9.80 Å². The summed E-state index contributed by atoms with van der Waals surface area (Å²) in [5.41, 5.74) is 1.01. The van der Waals surface area contributed by atoms with Crippen LogP contribution in [0.15, 0.2) is 18.2 Å². The highest BCUT2D eigenvalue weighted by molar-refractivity contribution is 6.30. The molecule has 0 saturated carbocycles. The SMILES string of the molecule is CCNC(Cc1ccc(Cl)c(F)c1)C1CN2CCN1CC2. The van der Waals surface area contributed by atoms with Crippen LogP contribution >= 0.6 is 11.6 Å². The number of nitrogens with one attached hydrogen (secondary N) is 1. The molecule has 3 saturated heterocycles. The minimum atomic E-state index is -0.321. The highest BCUT2D eigenvalue weighted by Gasteiger charge is 2.36. The van der Waals surface area contributed by atoms with Crippen LogP contribution in [0.2, 0.25) is 5.02 Å². The van der Waals surface area contributed by atoms with E-state index in [1.54, 1.807) is 12.1 Å². The molecule has 0 aliphatic carbocycles. The van der Waals surface area contributed by atoms with Crippen molar-refractivity contribution in [2.45, 2.75) is 25.4 Å². The van der Waals surface area contributed by atoms with Crippen LogP contribution in [0.1, 0.15) is 12.5 Å². The fourth-order valence-corrected chi connectivity index (χ4v) is 3.68. The van der Waals surface area contributed by atoms with Gasteiger partial charge >= 0.3 is 0 Å². The molecule has 2 bridgehead atoms. The van der Waals surface area contributed by atoms with E-state index in [0.717, 1.165) is 38.2 Å². The molecule has 0 spiro atoms. The molecule has 3 heterocycles. The topological polar surface area (TPSA) is 18.5 Å². The largest absolute Gasteiger partial charge is 0.312 e. The van der Waals surface area contributed by atoms with Crippen LogP contribution in [-0.2, 0) is 6.42 Å². The minimum Gasteiger partial charge on any atom is -0.312 e. The molecule has 0 amide bonds. The Balaban J connectivity index is 1.73. The lowest BCUT2D eigenvalue weighted by Crippen LogP contribution is -2.66. The van der Waals surface area contributed by atoms with Crippen molar-refractivity contribution in [3.8, 4) is 0 Å². The molecule has 3 nitrogen and oxygen atoms in total. The summed E-state index contributed by atoms with van der Waals surface area (Å²) < 4.78 is 13.6. The molecule has 2 unspecified atom stereocenters. The van der Waals surface area contributed by atoms with E-state index in [2.05, 4.69) is 22.0 Å². The van der Waals surface area contributed by atoms with Gasteiger partial charge in [-0.2, -0.15) is 0 Å². The van der Waals surface area contributed by atoms with Gasteiger partial charge in [0.25, 0.3) is 0 Å². The van der Waals surface area contributed by atoms with Gasteiger partial charge in [0.2, 0.25) is 0 Å². The normalized spacial score (nSPS) is 29.6. The summed E-state index contributed by atoms with van der Waals surface area (Å²) in [5, 5.41) is 3.80. The third kappa shape index (κ3) is 3.39. The Morgan fingerprint density at radius 3 is 2.67 bits per heavy atom. The number of halogens is 2. The third-order valence-corrected chi connectivity index (χ3v) is 5.00. The molecule has 5 heteroatoms. The number of fused-ring (bicyclic) bond motifs is 3. The summed E-state index contributed by atoms with van der Waals surface area (Å²) in [5.74, 6) is -0.321. The van der Waals surface area contributed by atoms with Crippen molar-refractivity contribution in [2.24, 2.45) is 0 Å². The van der Waals surface area contributed by atoms with Gasteiger partial charge in [-0.05, 0) is 30.7 Å². The predicted octanol–water partition coefficient (Wildman–Crippen LogP) is 2.00. The van der Waals surface area contributed by atoms with Gasteiger partial charge in [-0.1, -0.05) is 24.6 Å². The molecule has 3 aliphatic heterocycles. The first kappa shape index (κ1) is 15.2. The first-order chi connectivity index (χ1) is 10.2. The number of likely N-dealkylation sites (N-methyl/N-ethyl adjacent to an activating group) is 1. The summed E-state index contributed by atoms with van der Waals surface area (Å²) >= 11 is 5.77. The average Bonchev–Trinajstić information content (AvgIpc) is 2.51. The Morgan fingerprint density at radius 1 is 1.33 bits per heavy atom. The number of hydrogen-bond donors (Lipinski definition) is 1. The zero-order valence-electron chi connectivity index (χ0n) is 12.5. The first-order valence-electron chi connectivity index (χ1n) is 7.81. The molecular formula is C16H23ClFN3. The van der Waals surface area contributed by atoms with Gasteiger partial charge in [0.15, 0.2) is 0 Å². The molecule has 3 fully saturated rings. The van der Waals surface area contributed by atoms with E-state index in [9.17, 15) is 4.39 Å². The quantitative estimate of drug-likeness (QED) is 0.897. The van der Waals surface area contributed by atoms with Crippen LogP contribution in [0.25, 0.3) is 0 Å². The third-order valence-electron chi connectivity index (χ3n) is 4.69. The standard InChI is InChI=1S/C16H23ClFN3/c1-2-19-15(10-12-3-4-13(17)14(18)9-12)16-11-20-5-7-21(16)8-6-20/h3-4,9,15-16,19H,2,5-8,10-11H2,1H3. The zero-order chi connectivity index (χ0) is 14.8. The van der Waals surface area contributed by atoms with Crippen LogP contribution in [0.5, 0.6) is 0 Å². The van der Waals surface area contributed by atoms with E-state index in [0.29, 0.717) is 12.1 Å². The van der Waals surface area contributed by atoms with Crippen molar-refractivity contribution < 1.29 is 4.39 Å². The second kappa shape index (κ2) is 6.61. The van der Waals surface area contributed by atoms with Gasteiger partial charge in [0.05, 0.1) is 5.02 Å². The molecule has 116 valence electrons. The van der Waals surface area contributed by atoms with Crippen LogP contribution in [0.3, 0.4) is 0 Å². The summed E-state index contributed by atoms with van der Waals surface area (Å²) in [6.45, 7) is 8.86. The molecule has 0 aromatic heterocycles. The summed E-state index contributed by atoms with van der Waals surface area (Å²) in [7, 11) is 0. The molecule has 0 radical (unpaired) electrons. The van der Waals surface area contributed by atoms with Gasteiger partial charge in [-0.25, -0.2) is 4.39 Å². The van der Waals surface area contributed by atoms with Gasteiger partial charge in [0, 0.05) is 44.8 Å². The predicted molar refractivity (Wildman–Crippen MR) is 84.4 cm³/mol. The molecular weight excluding hydrogens is 289 g/mol. The maximum absolute atomic E-state index is 13.6. The van der Waals surface area contributed by atoms with E-state index in [-0.39, 0.29) is 10.8 Å². The highest BCUT2D eigenvalue weighted by Crippen LogP contribution is 2.22. The maximum atomic E-state index is 13.6. The van der Waals surface area contributed by atoms with E-state index in [1.165, 1.54) is 13.1 Å². The van der Waals surface area contributed by atoms with Crippen molar-refractivity contribution in [3.05, 3.63) is 34.6 Å². The molecule has 3 aliphatic rings. The number of hydrogen-bond acceptors (Lipinski definition) is 3. The van der Waals surface area contributed by atoms with Crippen molar-refractivity contribution in [1.82, 2.24) is 15.1 Å². The van der Waals surface area contributed by atoms with Crippen LogP contribution in [0.4, 0.5) is 4.39 Å². The average molecular weight is 312 g/mol. The van der Waals surface area contributed by atoms with E-state index < -0.39 is 0 Å². The van der Waals surface area contributed by atoms with Crippen molar-refractivity contribution in [3.63, 3.8) is 0 Å². The molecule has 2 atom stereocenters. The Kier molecular flexibility index (Phi) is 4.79. The van der Waals surface area contributed by atoms with Gasteiger partial charge < -0.3 is 5.32 Å². The van der Waals surface area contributed by atoms with Crippen molar-refractivity contribution in [2.75, 3.05) is 39.3 Å². The molecule has 21 heavy (non-hydrogen) atoms. The second-order valence-corrected chi connectivity index (χ2v) is 6.43. The number of piperazine rings is 3. The summed E-state index contributed by atoms with van der Waals surface area (Å²) in [6.07, 6.45) is 0.844. The lowest BCUT2D eigenvalue weighted by molar-refractivity contribution is -0.00289. The number of rotatable bonds is 5. The van der Waals surface area contributed by atoms with E-state index >= 15 is 0 Å². The monoisotopic (exact) mass is 311 g/mol. The minimum absolute atomic E-state index is 0.199. The number of nitrogens with zero attached hydrogens (tertiary/aromatic N) is 2. The summed E-state index contributed by atoms with van der Waals surface area (Å²) in [6, 6.07) is 6.05. The highest BCUT2D eigenvalue weighted by atomic mass is 35.5. The molecule has 1 aromatic carbocycles. The van der Waals surface area contributed by atoms with Crippen LogP contribution < -0.4 is 5.32 Å². The second-order valence-electron chi connectivity index (χ2n) is 6.02. The maximum Gasteiger partial charge on any atom is 0.142 e. The Labute approximate surface area is 131 Å². The smallest absolute Gasteiger partial charge is 0.142 e. The van der Waals surface area contributed by atoms with Gasteiger partial charge in [0.1, 0.15) is 5.82 Å². The van der Waals surface area contributed by atoms with Crippen molar-refractivity contribution in [1.29, 1.82) is 0 Å². The van der Waals surface area contributed by atoms with Gasteiger partial charge in [-0.15, -0.1) is 0 Å². The lowest BCUT2D eigenvalue weighted by Gasteiger charge is -2.50. The number of benzene rings is 1. The molecule has 4 rings (SSSR count). The zero-order valence-corrected chi connectivity index (χ0v) is 13.2. The van der Waals surface area contributed by atoms with E-state index in [4.69, 9.17) is 11.6 Å². The van der Waals surface area contributed by atoms with Crippen LogP contribution in [0, 0.1) is 5.82 Å².